The molecule has 1 aliphatic rings. The molecule has 1 amide bonds. The number of carbonyl (C=O) groups is 1. The summed E-state index contributed by atoms with van der Waals surface area (Å²) in [4.78, 5) is 10.4. The molecule has 1 saturated carbocycles. The van der Waals surface area contributed by atoms with E-state index in [4.69, 9.17) is 5.73 Å². The van der Waals surface area contributed by atoms with Crippen LogP contribution in [0.1, 0.15) is 26.2 Å². The van der Waals surface area contributed by atoms with Crippen LogP contribution in [0.4, 0.5) is 0 Å². The summed E-state index contributed by atoms with van der Waals surface area (Å²) in [5, 5.41) is 3.06. The zero-order valence-corrected chi connectivity index (χ0v) is 7.02. The number of rotatable bonds is 5. The molecule has 0 aromatic carbocycles. The summed E-state index contributed by atoms with van der Waals surface area (Å²) in [5.41, 5.74) is 5.49. The normalized spacial score (nSPS) is 19.7. The zero-order valence-electron chi connectivity index (χ0n) is 7.02. The van der Waals surface area contributed by atoms with Gasteiger partial charge in [0.15, 0.2) is 0 Å². The minimum Gasteiger partial charge on any atom is -0.369 e. The maximum Gasteiger partial charge on any atom is 0.231 e. The van der Waals surface area contributed by atoms with Crippen molar-refractivity contribution in [2.24, 2.45) is 11.1 Å². The van der Waals surface area contributed by atoms with Crippen LogP contribution in [0.5, 0.6) is 0 Å². The lowest BCUT2D eigenvalue weighted by atomic mass is 10.0. The Hall–Kier alpha value is -0.570. The van der Waals surface area contributed by atoms with Gasteiger partial charge in [-0.1, -0.05) is 6.92 Å². The van der Waals surface area contributed by atoms with E-state index in [1.165, 1.54) is 19.3 Å². The fourth-order valence-electron chi connectivity index (χ4n) is 1.28. The first-order valence-corrected chi connectivity index (χ1v) is 4.17. The van der Waals surface area contributed by atoms with E-state index in [0.29, 0.717) is 12.0 Å². The molecule has 1 aliphatic carbocycles. The summed E-state index contributed by atoms with van der Waals surface area (Å²) in [6.07, 6.45) is 3.81. The third-order valence-electron chi connectivity index (χ3n) is 2.51. The van der Waals surface area contributed by atoms with Gasteiger partial charge >= 0.3 is 0 Å². The first-order valence-electron chi connectivity index (χ1n) is 4.17. The van der Waals surface area contributed by atoms with E-state index < -0.39 is 0 Å². The van der Waals surface area contributed by atoms with Gasteiger partial charge in [-0.3, -0.25) is 4.79 Å². The van der Waals surface area contributed by atoms with Crippen LogP contribution in [-0.2, 0) is 4.79 Å². The number of nitrogens with one attached hydrogen (secondary N) is 1. The third kappa shape index (κ3) is 2.50. The van der Waals surface area contributed by atoms with Crippen molar-refractivity contribution < 1.29 is 4.79 Å². The fraction of sp³-hybridized carbons (Fsp3) is 0.875. The van der Waals surface area contributed by atoms with Crippen LogP contribution in [0.15, 0.2) is 0 Å². The predicted molar refractivity (Wildman–Crippen MR) is 44.0 cm³/mol. The molecule has 1 rings (SSSR count). The molecular formula is C8H16N2O. The van der Waals surface area contributed by atoms with Gasteiger partial charge in [0, 0.05) is 6.54 Å². The van der Waals surface area contributed by atoms with Crippen LogP contribution in [0.25, 0.3) is 0 Å². The van der Waals surface area contributed by atoms with Crippen molar-refractivity contribution in [2.75, 3.05) is 13.1 Å². The van der Waals surface area contributed by atoms with E-state index in [9.17, 15) is 4.79 Å². The Balaban J connectivity index is 2.07. The first kappa shape index (κ1) is 8.53. The Bertz CT molecular complexity index is 152. The second-order valence-electron chi connectivity index (χ2n) is 3.42. The summed E-state index contributed by atoms with van der Waals surface area (Å²) in [5.74, 6) is -0.267. The Labute approximate surface area is 67.3 Å². The highest BCUT2D eigenvalue weighted by Crippen LogP contribution is 2.47. The van der Waals surface area contributed by atoms with Crippen molar-refractivity contribution in [3.05, 3.63) is 0 Å². The van der Waals surface area contributed by atoms with Crippen LogP contribution < -0.4 is 11.1 Å². The molecule has 0 heterocycles. The maximum absolute atomic E-state index is 10.4. The van der Waals surface area contributed by atoms with Crippen molar-refractivity contribution in [1.82, 2.24) is 5.32 Å². The highest BCUT2D eigenvalue weighted by Gasteiger charge is 2.39. The lowest BCUT2D eigenvalue weighted by Crippen LogP contribution is -2.32. The van der Waals surface area contributed by atoms with E-state index in [-0.39, 0.29) is 5.91 Å². The molecule has 1 fully saturated rings. The highest BCUT2D eigenvalue weighted by atomic mass is 16.1. The quantitative estimate of drug-likeness (QED) is 0.599. The molecule has 0 saturated heterocycles. The van der Waals surface area contributed by atoms with Crippen LogP contribution in [0.3, 0.4) is 0 Å². The zero-order chi connectivity index (χ0) is 8.32. The molecule has 0 aromatic rings. The summed E-state index contributed by atoms with van der Waals surface area (Å²) in [7, 11) is 0. The molecule has 0 aromatic heterocycles. The van der Waals surface area contributed by atoms with Gasteiger partial charge in [-0.15, -0.1) is 0 Å². The van der Waals surface area contributed by atoms with E-state index >= 15 is 0 Å². The van der Waals surface area contributed by atoms with Gasteiger partial charge in [-0.05, 0) is 24.7 Å². The fourth-order valence-corrected chi connectivity index (χ4v) is 1.28. The Morgan fingerprint density at radius 1 is 1.64 bits per heavy atom. The third-order valence-corrected chi connectivity index (χ3v) is 2.51. The molecule has 0 unspecified atom stereocenters. The summed E-state index contributed by atoms with van der Waals surface area (Å²) in [6, 6.07) is 0. The largest absolute Gasteiger partial charge is 0.369 e. The number of primary amides is 1. The standard InChI is InChI=1S/C8H16N2O/c1-2-8(3-4-8)6-10-5-7(9)11/h10H,2-6H2,1H3,(H2,9,11). The number of carbonyl (C=O) groups excluding carboxylic acids is 1. The summed E-state index contributed by atoms with van der Waals surface area (Å²) >= 11 is 0. The van der Waals surface area contributed by atoms with E-state index in [0.717, 1.165) is 6.54 Å². The van der Waals surface area contributed by atoms with Gasteiger partial charge in [0.2, 0.25) is 5.91 Å². The lowest BCUT2D eigenvalue weighted by Gasteiger charge is -2.11. The van der Waals surface area contributed by atoms with Gasteiger partial charge in [-0.2, -0.15) is 0 Å². The van der Waals surface area contributed by atoms with Gasteiger partial charge in [-0.25, -0.2) is 0 Å². The monoisotopic (exact) mass is 156 g/mol. The van der Waals surface area contributed by atoms with E-state index in [2.05, 4.69) is 12.2 Å². The molecule has 3 N–H and O–H groups in total. The maximum atomic E-state index is 10.4. The molecular weight excluding hydrogens is 140 g/mol. The average molecular weight is 156 g/mol. The van der Waals surface area contributed by atoms with Crippen molar-refractivity contribution in [1.29, 1.82) is 0 Å². The molecule has 0 aliphatic heterocycles. The number of amides is 1. The molecule has 3 nitrogen and oxygen atoms in total. The van der Waals surface area contributed by atoms with Crippen molar-refractivity contribution in [3.8, 4) is 0 Å². The molecule has 0 atom stereocenters. The summed E-state index contributed by atoms with van der Waals surface area (Å²) < 4.78 is 0. The van der Waals surface area contributed by atoms with Gasteiger partial charge in [0.1, 0.15) is 0 Å². The number of nitrogens with two attached hydrogens (primary N) is 1. The molecule has 3 heteroatoms. The first-order chi connectivity index (χ1) is 5.18. The predicted octanol–water partition coefficient (Wildman–Crippen LogP) is 0.251. The van der Waals surface area contributed by atoms with Crippen LogP contribution >= 0.6 is 0 Å². The lowest BCUT2D eigenvalue weighted by molar-refractivity contribution is -0.117. The van der Waals surface area contributed by atoms with E-state index in [1.54, 1.807) is 0 Å². The number of hydrogen-bond donors (Lipinski definition) is 2. The highest BCUT2D eigenvalue weighted by molar-refractivity contribution is 5.75. The molecule has 0 radical (unpaired) electrons. The number of hydrogen-bond acceptors (Lipinski definition) is 2. The van der Waals surface area contributed by atoms with Crippen molar-refractivity contribution in [3.63, 3.8) is 0 Å². The van der Waals surface area contributed by atoms with Crippen molar-refractivity contribution >= 4 is 5.91 Å². The smallest absolute Gasteiger partial charge is 0.231 e. The minimum atomic E-state index is -0.267. The molecule has 64 valence electrons. The SMILES string of the molecule is CCC1(CNCC(N)=O)CC1. The molecule has 11 heavy (non-hydrogen) atoms. The van der Waals surface area contributed by atoms with Gasteiger partial charge in [0.25, 0.3) is 0 Å². The Morgan fingerprint density at radius 3 is 2.64 bits per heavy atom. The van der Waals surface area contributed by atoms with Crippen LogP contribution in [-0.4, -0.2) is 19.0 Å². The Kier molecular flexibility index (Phi) is 2.49. The second kappa shape index (κ2) is 3.22. The van der Waals surface area contributed by atoms with Crippen LogP contribution in [0, 0.1) is 5.41 Å². The topological polar surface area (TPSA) is 55.1 Å². The Morgan fingerprint density at radius 2 is 2.27 bits per heavy atom. The molecule has 0 bridgehead atoms. The van der Waals surface area contributed by atoms with Gasteiger partial charge in [0.05, 0.1) is 6.54 Å². The average Bonchev–Trinajstić information content (AvgIpc) is 2.69. The van der Waals surface area contributed by atoms with Gasteiger partial charge < -0.3 is 11.1 Å². The second-order valence-corrected chi connectivity index (χ2v) is 3.42. The molecule has 0 spiro atoms. The van der Waals surface area contributed by atoms with Crippen molar-refractivity contribution in [2.45, 2.75) is 26.2 Å². The van der Waals surface area contributed by atoms with E-state index in [1.807, 2.05) is 0 Å². The van der Waals surface area contributed by atoms with Crippen LogP contribution in [0.2, 0.25) is 0 Å². The summed E-state index contributed by atoms with van der Waals surface area (Å²) in [6.45, 7) is 3.47. The minimum absolute atomic E-state index is 0.267.